The van der Waals surface area contributed by atoms with E-state index in [4.69, 9.17) is 4.74 Å². The lowest BCUT2D eigenvalue weighted by molar-refractivity contribution is 0.340. The third kappa shape index (κ3) is 3.29. The lowest BCUT2D eigenvalue weighted by Gasteiger charge is -2.08. The third-order valence-electron chi connectivity index (χ3n) is 3.91. The van der Waals surface area contributed by atoms with Crippen LogP contribution in [0.3, 0.4) is 0 Å². The highest BCUT2D eigenvalue weighted by Gasteiger charge is 2.16. The van der Waals surface area contributed by atoms with E-state index < -0.39 is 10.0 Å². The van der Waals surface area contributed by atoms with E-state index in [2.05, 4.69) is 9.71 Å². The molecule has 3 rings (SSSR count). The third-order valence-corrected chi connectivity index (χ3v) is 5.33. The molecule has 2 aromatic carbocycles. The summed E-state index contributed by atoms with van der Waals surface area (Å²) < 4.78 is 33.0. The molecule has 24 heavy (non-hydrogen) atoms. The zero-order chi connectivity index (χ0) is 17.2. The summed E-state index contributed by atoms with van der Waals surface area (Å²) in [4.78, 5) is 3.50. The molecule has 0 saturated heterocycles. The number of sulfonamides is 1. The summed E-state index contributed by atoms with van der Waals surface area (Å²) in [5.74, 6) is 0.656. The first kappa shape index (κ1) is 16.5. The van der Waals surface area contributed by atoms with Crippen LogP contribution in [0.1, 0.15) is 18.2 Å². The monoisotopic (exact) mass is 344 g/mol. The second kappa shape index (κ2) is 6.67. The molecule has 0 saturated carbocycles. The number of aromatic nitrogens is 1. The van der Waals surface area contributed by atoms with E-state index >= 15 is 0 Å². The van der Waals surface area contributed by atoms with Gasteiger partial charge in [0.1, 0.15) is 5.75 Å². The summed E-state index contributed by atoms with van der Waals surface area (Å²) in [5.41, 5.74) is 2.93. The minimum absolute atomic E-state index is 0.225. The fourth-order valence-corrected chi connectivity index (χ4v) is 3.69. The van der Waals surface area contributed by atoms with Crippen molar-refractivity contribution in [2.75, 3.05) is 6.61 Å². The molecule has 0 atom stereocenters. The van der Waals surface area contributed by atoms with E-state index in [0.717, 1.165) is 22.2 Å². The van der Waals surface area contributed by atoms with Gasteiger partial charge in [-0.05, 0) is 49.7 Å². The molecule has 0 aliphatic heterocycles. The quantitative estimate of drug-likeness (QED) is 0.720. The van der Waals surface area contributed by atoms with Crippen molar-refractivity contribution in [3.05, 3.63) is 59.8 Å². The van der Waals surface area contributed by atoms with Crippen LogP contribution in [-0.4, -0.2) is 20.0 Å². The van der Waals surface area contributed by atoms with Gasteiger partial charge in [-0.25, -0.2) is 13.1 Å². The standard InChI is InChI=1S/C18H20N2O3S/c1-3-23-14-8-10-15(11-9-14)24(21,22)19-12-17-13(2)20-18-7-5-4-6-16(17)18/h4-11,19-20H,3,12H2,1-2H3. The Labute approximate surface area is 141 Å². The molecule has 0 radical (unpaired) electrons. The Balaban J connectivity index is 1.80. The van der Waals surface area contributed by atoms with E-state index in [0.29, 0.717) is 12.4 Å². The zero-order valence-electron chi connectivity index (χ0n) is 13.7. The van der Waals surface area contributed by atoms with Gasteiger partial charge in [0.05, 0.1) is 11.5 Å². The molecule has 1 aromatic heterocycles. The van der Waals surface area contributed by atoms with Crippen LogP contribution in [0.15, 0.2) is 53.4 Å². The average Bonchev–Trinajstić information content (AvgIpc) is 2.89. The molecule has 2 N–H and O–H groups in total. The SMILES string of the molecule is CCOc1ccc(S(=O)(=O)NCc2c(C)[nH]c3ccccc23)cc1. The predicted octanol–water partition coefficient (Wildman–Crippen LogP) is 3.35. The highest BCUT2D eigenvalue weighted by Crippen LogP contribution is 2.22. The van der Waals surface area contributed by atoms with Crippen molar-refractivity contribution in [1.29, 1.82) is 0 Å². The van der Waals surface area contributed by atoms with Gasteiger partial charge in [-0.15, -0.1) is 0 Å². The number of hydrogen-bond acceptors (Lipinski definition) is 3. The molecule has 5 nitrogen and oxygen atoms in total. The fourth-order valence-electron chi connectivity index (χ4n) is 2.69. The van der Waals surface area contributed by atoms with Crippen LogP contribution in [-0.2, 0) is 16.6 Å². The van der Waals surface area contributed by atoms with Crippen LogP contribution >= 0.6 is 0 Å². The van der Waals surface area contributed by atoms with Crippen molar-refractivity contribution in [3.63, 3.8) is 0 Å². The highest BCUT2D eigenvalue weighted by molar-refractivity contribution is 7.89. The smallest absolute Gasteiger partial charge is 0.240 e. The maximum atomic E-state index is 12.5. The summed E-state index contributed by atoms with van der Waals surface area (Å²) in [6, 6.07) is 14.3. The molecular formula is C18H20N2O3S. The number of ether oxygens (including phenoxy) is 1. The van der Waals surface area contributed by atoms with Gasteiger partial charge in [0.2, 0.25) is 10.0 Å². The number of benzene rings is 2. The summed E-state index contributed by atoms with van der Waals surface area (Å²) >= 11 is 0. The van der Waals surface area contributed by atoms with Crippen LogP contribution in [0.25, 0.3) is 10.9 Å². The van der Waals surface area contributed by atoms with Crippen molar-refractivity contribution >= 4 is 20.9 Å². The first-order valence-electron chi connectivity index (χ1n) is 7.80. The van der Waals surface area contributed by atoms with Gasteiger partial charge in [0, 0.05) is 23.1 Å². The van der Waals surface area contributed by atoms with Crippen molar-refractivity contribution in [2.45, 2.75) is 25.3 Å². The lowest BCUT2D eigenvalue weighted by Crippen LogP contribution is -2.23. The number of nitrogens with one attached hydrogen (secondary N) is 2. The van der Waals surface area contributed by atoms with Gasteiger partial charge in [0.25, 0.3) is 0 Å². The first-order chi connectivity index (χ1) is 11.5. The van der Waals surface area contributed by atoms with Gasteiger partial charge in [-0.2, -0.15) is 0 Å². The van der Waals surface area contributed by atoms with E-state index in [1.54, 1.807) is 24.3 Å². The fraction of sp³-hybridized carbons (Fsp3) is 0.222. The molecule has 0 spiro atoms. The number of fused-ring (bicyclic) bond motifs is 1. The molecule has 1 heterocycles. The normalized spacial score (nSPS) is 11.8. The van der Waals surface area contributed by atoms with Gasteiger partial charge in [-0.3, -0.25) is 0 Å². The van der Waals surface area contributed by atoms with E-state index in [-0.39, 0.29) is 11.4 Å². The van der Waals surface area contributed by atoms with Crippen LogP contribution in [0.4, 0.5) is 0 Å². The van der Waals surface area contributed by atoms with Crippen LogP contribution in [0.2, 0.25) is 0 Å². The lowest BCUT2D eigenvalue weighted by atomic mass is 10.1. The number of rotatable bonds is 6. The Hall–Kier alpha value is -2.31. The Bertz CT molecular complexity index is 944. The maximum Gasteiger partial charge on any atom is 0.240 e. The number of para-hydroxylation sites is 1. The summed E-state index contributed by atoms with van der Waals surface area (Å²) in [6.07, 6.45) is 0. The van der Waals surface area contributed by atoms with Gasteiger partial charge in [-0.1, -0.05) is 18.2 Å². The van der Waals surface area contributed by atoms with Crippen LogP contribution < -0.4 is 9.46 Å². The van der Waals surface area contributed by atoms with Crippen molar-refractivity contribution in [2.24, 2.45) is 0 Å². The number of H-pyrrole nitrogens is 1. The van der Waals surface area contributed by atoms with Crippen molar-refractivity contribution in [1.82, 2.24) is 9.71 Å². The minimum atomic E-state index is -3.57. The molecule has 0 aliphatic rings. The highest BCUT2D eigenvalue weighted by atomic mass is 32.2. The van der Waals surface area contributed by atoms with Gasteiger partial charge in [0.15, 0.2) is 0 Å². The van der Waals surface area contributed by atoms with Gasteiger partial charge >= 0.3 is 0 Å². The molecule has 0 unspecified atom stereocenters. The molecule has 0 bridgehead atoms. The average molecular weight is 344 g/mol. The molecule has 3 aromatic rings. The van der Waals surface area contributed by atoms with E-state index in [1.165, 1.54) is 0 Å². The van der Waals surface area contributed by atoms with Crippen LogP contribution in [0, 0.1) is 6.92 Å². The minimum Gasteiger partial charge on any atom is -0.494 e. The van der Waals surface area contributed by atoms with Crippen LogP contribution in [0.5, 0.6) is 5.75 Å². The molecule has 0 aliphatic carbocycles. The predicted molar refractivity (Wildman–Crippen MR) is 94.7 cm³/mol. The van der Waals surface area contributed by atoms with E-state index in [1.807, 2.05) is 38.1 Å². The summed E-state index contributed by atoms with van der Waals surface area (Å²) in [6.45, 7) is 4.62. The molecule has 126 valence electrons. The van der Waals surface area contributed by atoms with Crippen molar-refractivity contribution in [3.8, 4) is 5.75 Å². The Morgan fingerprint density at radius 2 is 1.79 bits per heavy atom. The molecule has 6 heteroatoms. The summed E-state index contributed by atoms with van der Waals surface area (Å²) in [7, 11) is -3.57. The first-order valence-corrected chi connectivity index (χ1v) is 9.28. The number of aromatic amines is 1. The Kier molecular flexibility index (Phi) is 4.59. The maximum absolute atomic E-state index is 12.5. The Morgan fingerprint density at radius 3 is 2.50 bits per heavy atom. The van der Waals surface area contributed by atoms with Crippen molar-refractivity contribution < 1.29 is 13.2 Å². The number of hydrogen-bond donors (Lipinski definition) is 2. The zero-order valence-corrected chi connectivity index (χ0v) is 14.5. The Morgan fingerprint density at radius 1 is 1.08 bits per heavy atom. The van der Waals surface area contributed by atoms with Gasteiger partial charge < -0.3 is 9.72 Å². The molecular weight excluding hydrogens is 324 g/mol. The second-order valence-electron chi connectivity index (χ2n) is 5.50. The summed E-state index contributed by atoms with van der Waals surface area (Å²) in [5, 5.41) is 1.03. The number of aryl methyl sites for hydroxylation is 1. The molecule has 0 amide bonds. The largest absolute Gasteiger partial charge is 0.494 e. The molecule has 0 fully saturated rings. The second-order valence-corrected chi connectivity index (χ2v) is 7.27. The van der Waals surface area contributed by atoms with E-state index in [9.17, 15) is 8.42 Å². The topological polar surface area (TPSA) is 71.2 Å².